The molecule has 0 radical (unpaired) electrons. The van der Waals surface area contributed by atoms with Crippen molar-refractivity contribution in [3.63, 3.8) is 0 Å². The maximum absolute atomic E-state index is 12.5. The zero-order chi connectivity index (χ0) is 21.5. The van der Waals surface area contributed by atoms with E-state index in [0.29, 0.717) is 22.5 Å². The number of benzene rings is 2. The van der Waals surface area contributed by atoms with E-state index in [1.54, 1.807) is 12.3 Å². The predicted octanol–water partition coefficient (Wildman–Crippen LogP) is 6.96. The Morgan fingerprint density at radius 1 is 1.20 bits per heavy atom. The number of para-hydroxylation sites is 1. The van der Waals surface area contributed by atoms with Crippen molar-refractivity contribution in [2.75, 3.05) is 5.32 Å². The summed E-state index contributed by atoms with van der Waals surface area (Å²) in [6.45, 7) is 9.26. The minimum absolute atomic E-state index is 0.137. The number of amides is 1. The molecule has 0 aliphatic heterocycles. The van der Waals surface area contributed by atoms with E-state index >= 15 is 0 Å². The maximum atomic E-state index is 12.5. The van der Waals surface area contributed by atoms with Gasteiger partial charge in [0, 0.05) is 11.5 Å². The van der Waals surface area contributed by atoms with Gasteiger partial charge in [0.15, 0.2) is 0 Å². The van der Waals surface area contributed by atoms with E-state index in [1.807, 2.05) is 30.3 Å². The van der Waals surface area contributed by atoms with Gasteiger partial charge in [0.1, 0.15) is 0 Å². The van der Waals surface area contributed by atoms with Crippen molar-refractivity contribution < 1.29 is 4.79 Å². The largest absolute Gasteiger partial charge is 0.320 e. The van der Waals surface area contributed by atoms with Crippen molar-refractivity contribution in [1.29, 1.82) is 0 Å². The van der Waals surface area contributed by atoms with Crippen molar-refractivity contribution in [2.24, 2.45) is 5.92 Å². The van der Waals surface area contributed by atoms with Crippen molar-refractivity contribution in [2.45, 2.75) is 45.4 Å². The molecular formula is C26H27ClN2O. The van der Waals surface area contributed by atoms with Crippen LogP contribution in [0.4, 0.5) is 5.69 Å². The first-order valence-electron chi connectivity index (χ1n) is 10.4. The number of nitrogens with one attached hydrogen (secondary N) is 1. The number of carbonyl (C=O) groups is 1. The summed E-state index contributed by atoms with van der Waals surface area (Å²) in [5.41, 5.74) is 5.29. The van der Waals surface area contributed by atoms with Crippen LogP contribution in [-0.4, -0.2) is 10.9 Å². The molecule has 0 saturated heterocycles. The molecule has 1 amide bonds. The summed E-state index contributed by atoms with van der Waals surface area (Å²) >= 11 is 6.46. The number of aromatic nitrogens is 1. The van der Waals surface area contributed by atoms with Crippen LogP contribution >= 0.6 is 11.6 Å². The Morgan fingerprint density at radius 2 is 1.97 bits per heavy atom. The Kier molecular flexibility index (Phi) is 5.42. The molecular weight excluding hydrogens is 392 g/mol. The Bertz CT molecular complexity index is 1150. The smallest absolute Gasteiger partial charge is 0.248 e. The second kappa shape index (κ2) is 7.88. The maximum Gasteiger partial charge on any atom is 0.248 e. The first kappa shape index (κ1) is 20.6. The van der Waals surface area contributed by atoms with E-state index in [0.717, 1.165) is 16.5 Å². The zero-order valence-corrected chi connectivity index (χ0v) is 18.6. The SMILES string of the molecule is CC1CC(C)(C)c2cc(/C=C\C(=O)Nc3cnc4ccccc4c3Cl)ccc2C1C. The van der Waals surface area contributed by atoms with Crippen LogP contribution in [0.5, 0.6) is 0 Å². The molecule has 1 aromatic heterocycles. The van der Waals surface area contributed by atoms with Crippen LogP contribution in [-0.2, 0) is 10.2 Å². The van der Waals surface area contributed by atoms with E-state index in [4.69, 9.17) is 11.6 Å². The standard InChI is InChI=1S/C26H27ClN2O/c1-16-14-26(3,4)21-13-18(9-11-19(21)17(16)2)10-12-24(30)29-23-15-28-22-8-6-5-7-20(22)25(23)27/h5-13,15-17H,14H2,1-4H3,(H,29,30)/b12-10-. The van der Waals surface area contributed by atoms with Crippen LogP contribution < -0.4 is 5.32 Å². The highest BCUT2D eigenvalue weighted by Crippen LogP contribution is 2.45. The number of pyridine rings is 1. The van der Waals surface area contributed by atoms with Crippen molar-refractivity contribution in [3.8, 4) is 0 Å². The van der Waals surface area contributed by atoms with Crippen LogP contribution in [0, 0.1) is 5.92 Å². The van der Waals surface area contributed by atoms with Crippen molar-refractivity contribution in [3.05, 3.63) is 76.5 Å². The van der Waals surface area contributed by atoms with Gasteiger partial charge in [-0.3, -0.25) is 9.78 Å². The molecule has 0 saturated carbocycles. The predicted molar refractivity (Wildman–Crippen MR) is 126 cm³/mol. The monoisotopic (exact) mass is 418 g/mol. The lowest BCUT2D eigenvalue weighted by Crippen LogP contribution is -2.30. The Balaban J connectivity index is 1.55. The van der Waals surface area contributed by atoms with Gasteiger partial charge in [0.2, 0.25) is 5.91 Å². The fourth-order valence-electron chi connectivity index (χ4n) is 4.60. The number of hydrogen-bond acceptors (Lipinski definition) is 2. The summed E-state index contributed by atoms with van der Waals surface area (Å²) in [6, 6.07) is 14.1. The molecule has 3 nitrogen and oxygen atoms in total. The highest BCUT2D eigenvalue weighted by Gasteiger charge is 2.35. The van der Waals surface area contributed by atoms with Crippen molar-refractivity contribution >= 4 is 40.2 Å². The molecule has 3 aromatic rings. The topological polar surface area (TPSA) is 42.0 Å². The highest BCUT2D eigenvalue weighted by atomic mass is 35.5. The second-order valence-corrected chi connectivity index (χ2v) is 9.40. The van der Waals surface area contributed by atoms with E-state index in [-0.39, 0.29) is 11.3 Å². The van der Waals surface area contributed by atoms with Gasteiger partial charge in [0.25, 0.3) is 0 Å². The van der Waals surface area contributed by atoms with Gasteiger partial charge in [-0.05, 0) is 52.5 Å². The number of rotatable bonds is 3. The molecule has 2 aromatic carbocycles. The molecule has 1 aliphatic rings. The van der Waals surface area contributed by atoms with Crippen LogP contribution in [0.1, 0.15) is 56.7 Å². The first-order valence-corrected chi connectivity index (χ1v) is 10.8. The third kappa shape index (κ3) is 3.87. The molecule has 2 unspecified atom stereocenters. The lowest BCUT2D eigenvalue weighted by molar-refractivity contribution is -0.111. The Morgan fingerprint density at radius 3 is 2.77 bits per heavy atom. The summed E-state index contributed by atoms with van der Waals surface area (Å²) in [6.07, 6.45) is 6.18. The first-order chi connectivity index (χ1) is 14.3. The van der Waals surface area contributed by atoms with E-state index in [9.17, 15) is 4.79 Å². The molecule has 30 heavy (non-hydrogen) atoms. The molecule has 0 fully saturated rings. The van der Waals surface area contributed by atoms with E-state index < -0.39 is 0 Å². The minimum atomic E-state index is -0.229. The lowest BCUT2D eigenvalue weighted by atomic mass is 9.64. The number of nitrogens with zero attached hydrogens (tertiary/aromatic N) is 1. The molecule has 0 spiro atoms. The molecule has 4 rings (SSSR count). The third-order valence-electron chi connectivity index (χ3n) is 6.38. The van der Waals surface area contributed by atoms with Crippen LogP contribution in [0.3, 0.4) is 0 Å². The van der Waals surface area contributed by atoms with Gasteiger partial charge in [-0.25, -0.2) is 0 Å². The molecule has 0 bridgehead atoms. The van der Waals surface area contributed by atoms with Crippen LogP contribution in [0.25, 0.3) is 17.0 Å². The molecule has 1 N–H and O–H groups in total. The Labute approximate surface area is 183 Å². The fraction of sp³-hybridized carbons (Fsp3) is 0.308. The number of carbonyl (C=O) groups excluding carboxylic acids is 1. The van der Waals surface area contributed by atoms with Crippen molar-refractivity contribution in [1.82, 2.24) is 4.98 Å². The number of fused-ring (bicyclic) bond motifs is 2. The number of halogens is 1. The summed E-state index contributed by atoms with van der Waals surface area (Å²) < 4.78 is 0. The third-order valence-corrected chi connectivity index (χ3v) is 6.78. The van der Waals surface area contributed by atoms with Gasteiger partial charge in [-0.2, -0.15) is 0 Å². The van der Waals surface area contributed by atoms with Gasteiger partial charge in [0.05, 0.1) is 22.4 Å². The van der Waals surface area contributed by atoms with Gasteiger partial charge < -0.3 is 5.32 Å². The summed E-state index contributed by atoms with van der Waals surface area (Å²) in [5.74, 6) is 0.991. The molecule has 2 atom stereocenters. The van der Waals surface area contributed by atoms with Gasteiger partial charge in [-0.15, -0.1) is 0 Å². The van der Waals surface area contributed by atoms with E-state index in [2.05, 4.69) is 56.2 Å². The Hall–Kier alpha value is -2.65. The van der Waals surface area contributed by atoms with Gasteiger partial charge >= 0.3 is 0 Å². The zero-order valence-electron chi connectivity index (χ0n) is 17.9. The number of hydrogen-bond donors (Lipinski definition) is 1. The summed E-state index contributed by atoms with van der Waals surface area (Å²) in [4.78, 5) is 16.9. The van der Waals surface area contributed by atoms with E-state index in [1.165, 1.54) is 17.5 Å². The average Bonchev–Trinajstić information content (AvgIpc) is 2.72. The van der Waals surface area contributed by atoms with Gasteiger partial charge in [-0.1, -0.05) is 75.7 Å². The summed E-state index contributed by atoms with van der Waals surface area (Å²) in [5, 5.41) is 4.17. The average molecular weight is 419 g/mol. The second-order valence-electron chi connectivity index (χ2n) is 9.03. The molecule has 1 aliphatic carbocycles. The fourth-order valence-corrected chi connectivity index (χ4v) is 4.86. The van der Waals surface area contributed by atoms with Crippen LogP contribution in [0.2, 0.25) is 5.02 Å². The lowest BCUT2D eigenvalue weighted by Gasteiger charge is -2.40. The molecule has 4 heteroatoms. The quantitative estimate of drug-likeness (QED) is 0.467. The molecule has 154 valence electrons. The normalized spacial score (nSPS) is 20.3. The summed E-state index contributed by atoms with van der Waals surface area (Å²) in [7, 11) is 0. The number of anilines is 1. The highest BCUT2D eigenvalue weighted by molar-refractivity contribution is 6.38. The minimum Gasteiger partial charge on any atom is -0.320 e. The molecule has 1 heterocycles. The van der Waals surface area contributed by atoms with Crippen LogP contribution in [0.15, 0.2) is 54.7 Å².